The predicted molar refractivity (Wildman–Crippen MR) is 59.4 cm³/mol. The Morgan fingerprint density at radius 2 is 2.07 bits per heavy atom. The van der Waals surface area contributed by atoms with Crippen molar-refractivity contribution in [2.24, 2.45) is 5.92 Å². The largest absolute Gasteiger partial charge is 0.395 e. The van der Waals surface area contributed by atoms with Gasteiger partial charge in [0, 0.05) is 25.2 Å². The molecule has 1 unspecified atom stereocenters. The van der Waals surface area contributed by atoms with Gasteiger partial charge in [-0.2, -0.15) is 0 Å². The summed E-state index contributed by atoms with van der Waals surface area (Å²) in [5.41, 5.74) is 0. The van der Waals surface area contributed by atoms with E-state index in [1.807, 2.05) is 7.05 Å². The average molecular weight is 200 g/mol. The van der Waals surface area contributed by atoms with Crippen LogP contribution in [0.25, 0.3) is 0 Å². The standard InChI is InChI=1S/C11H24N2O/c1-9(2)13(6-10-4-5-10)7-11(8-14)12-3/h9-12,14H,4-8H2,1-3H3. The van der Waals surface area contributed by atoms with Gasteiger partial charge in [-0.15, -0.1) is 0 Å². The third-order valence-corrected chi connectivity index (χ3v) is 3.00. The van der Waals surface area contributed by atoms with Crippen molar-refractivity contribution in [2.45, 2.75) is 38.8 Å². The molecule has 1 saturated carbocycles. The lowest BCUT2D eigenvalue weighted by molar-refractivity contribution is 0.156. The highest BCUT2D eigenvalue weighted by Gasteiger charge is 2.26. The molecular formula is C11H24N2O. The van der Waals surface area contributed by atoms with Crippen LogP contribution in [0.2, 0.25) is 0 Å². The minimum absolute atomic E-state index is 0.219. The van der Waals surface area contributed by atoms with E-state index >= 15 is 0 Å². The predicted octanol–water partition coefficient (Wildman–Crippen LogP) is 0.687. The Kier molecular flexibility index (Phi) is 4.85. The topological polar surface area (TPSA) is 35.5 Å². The van der Waals surface area contributed by atoms with Gasteiger partial charge in [0.15, 0.2) is 0 Å². The lowest BCUT2D eigenvalue weighted by Crippen LogP contribution is -2.45. The molecule has 0 heterocycles. The first kappa shape index (κ1) is 12.0. The molecule has 1 atom stereocenters. The molecule has 1 fully saturated rings. The molecule has 0 aromatic carbocycles. The van der Waals surface area contributed by atoms with Crippen LogP contribution < -0.4 is 5.32 Å². The molecule has 2 N–H and O–H groups in total. The summed E-state index contributed by atoms with van der Waals surface area (Å²) in [4.78, 5) is 2.47. The molecule has 0 aliphatic heterocycles. The molecule has 0 amide bonds. The maximum Gasteiger partial charge on any atom is 0.0597 e. The highest BCUT2D eigenvalue weighted by molar-refractivity contribution is 4.81. The highest BCUT2D eigenvalue weighted by Crippen LogP contribution is 2.30. The van der Waals surface area contributed by atoms with Crippen molar-refractivity contribution in [3.8, 4) is 0 Å². The first-order chi connectivity index (χ1) is 6.67. The summed E-state index contributed by atoms with van der Waals surface area (Å²) in [5, 5.41) is 12.3. The van der Waals surface area contributed by atoms with Crippen LogP contribution in [-0.2, 0) is 0 Å². The zero-order valence-electron chi connectivity index (χ0n) is 9.66. The van der Waals surface area contributed by atoms with Gasteiger partial charge in [0.1, 0.15) is 0 Å². The van der Waals surface area contributed by atoms with Crippen LogP contribution >= 0.6 is 0 Å². The van der Waals surface area contributed by atoms with E-state index in [4.69, 9.17) is 5.11 Å². The lowest BCUT2D eigenvalue weighted by atomic mass is 10.2. The smallest absolute Gasteiger partial charge is 0.0597 e. The number of nitrogens with zero attached hydrogens (tertiary/aromatic N) is 1. The molecule has 0 aromatic heterocycles. The minimum atomic E-state index is 0.219. The Morgan fingerprint density at radius 1 is 1.43 bits per heavy atom. The van der Waals surface area contributed by atoms with Crippen molar-refractivity contribution in [3.63, 3.8) is 0 Å². The van der Waals surface area contributed by atoms with Crippen LogP contribution in [0.3, 0.4) is 0 Å². The Bertz CT molecular complexity index is 153. The summed E-state index contributed by atoms with van der Waals surface area (Å²) >= 11 is 0. The third-order valence-electron chi connectivity index (χ3n) is 3.00. The van der Waals surface area contributed by atoms with Crippen LogP contribution in [0.1, 0.15) is 26.7 Å². The van der Waals surface area contributed by atoms with Gasteiger partial charge in [0.25, 0.3) is 0 Å². The average Bonchev–Trinajstić information content (AvgIpc) is 2.95. The van der Waals surface area contributed by atoms with Crippen LogP contribution in [0, 0.1) is 5.92 Å². The van der Waals surface area contributed by atoms with Crippen LogP contribution in [-0.4, -0.2) is 48.8 Å². The van der Waals surface area contributed by atoms with Gasteiger partial charge < -0.3 is 10.4 Å². The molecule has 1 aliphatic rings. The Hall–Kier alpha value is -0.120. The second kappa shape index (κ2) is 5.69. The van der Waals surface area contributed by atoms with Gasteiger partial charge in [-0.05, 0) is 39.7 Å². The molecule has 0 aromatic rings. The van der Waals surface area contributed by atoms with E-state index in [1.54, 1.807) is 0 Å². The Labute approximate surface area is 87.5 Å². The summed E-state index contributed by atoms with van der Waals surface area (Å²) < 4.78 is 0. The second-order valence-corrected chi connectivity index (χ2v) is 4.66. The molecule has 1 aliphatic carbocycles. The first-order valence-corrected chi connectivity index (χ1v) is 5.69. The van der Waals surface area contributed by atoms with E-state index in [0.29, 0.717) is 6.04 Å². The maximum atomic E-state index is 9.12. The number of likely N-dealkylation sites (N-methyl/N-ethyl adjacent to an activating group) is 1. The number of aliphatic hydroxyl groups is 1. The Balaban J connectivity index is 2.32. The maximum absolute atomic E-state index is 9.12. The fourth-order valence-electron chi connectivity index (χ4n) is 1.65. The van der Waals surface area contributed by atoms with Crippen LogP contribution in [0.5, 0.6) is 0 Å². The van der Waals surface area contributed by atoms with Crippen molar-refractivity contribution < 1.29 is 5.11 Å². The molecule has 0 saturated heterocycles. The van der Waals surface area contributed by atoms with E-state index in [9.17, 15) is 0 Å². The van der Waals surface area contributed by atoms with Gasteiger partial charge in [0.05, 0.1) is 6.61 Å². The molecule has 84 valence electrons. The number of aliphatic hydroxyl groups excluding tert-OH is 1. The van der Waals surface area contributed by atoms with Crippen molar-refractivity contribution in [3.05, 3.63) is 0 Å². The van der Waals surface area contributed by atoms with Gasteiger partial charge in [0.2, 0.25) is 0 Å². The van der Waals surface area contributed by atoms with E-state index in [2.05, 4.69) is 24.1 Å². The first-order valence-electron chi connectivity index (χ1n) is 5.69. The molecule has 14 heavy (non-hydrogen) atoms. The van der Waals surface area contributed by atoms with Gasteiger partial charge in [-0.1, -0.05) is 0 Å². The second-order valence-electron chi connectivity index (χ2n) is 4.66. The Morgan fingerprint density at radius 3 is 2.43 bits per heavy atom. The number of nitrogens with one attached hydrogen (secondary N) is 1. The van der Waals surface area contributed by atoms with E-state index in [-0.39, 0.29) is 12.6 Å². The van der Waals surface area contributed by atoms with Crippen LogP contribution in [0.4, 0.5) is 0 Å². The summed E-state index contributed by atoms with van der Waals surface area (Å²) in [6.45, 7) is 6.85. The van der Waals surface area contributed by atoms with Gasteiger partial charge in [-0.25, -0.2) is 0 Å². The van der Waals surface area contributed by atoms with Crippen molar-refractivity contribution in [1.29, 1.82) is 0 Å². The molecular weight excluding hydrogens is 176 g/mol. The number of hydrogen-bond donors (Lipinski definition) is 2. The zero-order valence-corrected chi connectivity index (χ0v) is 9.66. The molecule has 0 spiro atoms. The summed E-state index contributed by atoms with van der Waals surface area (Å²) in [7, 11) is 1.91. The van der Waals surface area contributed by atoms with Gasteiger partial charge in [-0.3, -0.25) is 4.90 Å². The van der Waals surface area contributed by atoms with Crippen molar-refractivity contribution >= 4 is 0 Å². The number of hydrogen-bond acceptors (Lipinski definition) is 3. The van der Waals surface area contributed by atoms with Gasteiger partial charge >= 0.3 is 0 Å². The van der Waals surface area contributed by atoms with E-state index in [0.717, 1.165) is 12.5 Å². The number of rotatable bonds is 7. The highest BCUT2D eigenvalue weighted by atomic mass is 16.3. The van der Waals surface area contributed by atoms with Crippen LogP contribution in [0.15, 0.2) is 0 Å². The lowest BCUT2D eigenvalue weighted by Gasteiger charge is -2.29. The van der Waals surface area contributed by atoms with E-state index in [1.165, 1.54) is 19.4 Å². The fraction of sp³-hybridized carbons (Fsp3) is 1.00. The molecule has 3 nitrogen and oxygen atoms in total. The molecule has 1 rings (SSSR count). The summed E-state index contributed by atoms with van der Waals surface area (Å²) in [6, 6.07) is 0.800. The summed E-state index contributed by atoms with van der Waals surface area (Å²) in [5.74, 6) is 0.925. The van der Waals surface area contributed by atoms with E-state index < -0.39 is 0 Å². The SMILES string of the molecule is CNC(CO)CN(CC1CC1)C(C)C. The normalized spacial score (nSPS) is 19.3. The zero-order chi connectivity index (χ0) is 10.6. The molecule has 0 radical (unpaired) electrons. The fourth-order valence-corrected chi connectivity index (χ4v) is 1.65. The third kappa shape index (κ3) is 3.95. The summed E-state index contributed by atoms with van der Waals surface area (Å²) in [6.07, 6.45) is 2.79. The molecule has 0 bridgehead atoms. The minimum Gasteiger partial charge on any atom is -0.395 e. The monoisotopic (exact) mass is 200 g/mol. The molecule has 3 heteroatoms. The van der Waals surface area contributed by atoms with Crippen molar-refractivity contribution in [1.82, 2.24) is 10.2 Å². The van der Waals surface area contributed by atoms with Crippen molar-refractivity contribution in [2.75, 3.05) is 26.7 Å². The quantitative estimate of drug-likeness (QED) is 0.634.